The standard InChI is InChI=1S/C40H52N4O9/c1-4-49-37(46)35(21-27(2)3)44-36(45)15-14-31-22-33(51-39(48)43-25-30-11-7-10-29-9-5-6-13-34(29)30)23-40(52-31)18-8-12-32(53-40)26-50-38(47)42-24-28-16-19-41-20-17-28/h5-7,9-11,13,16-17,19-20,27,31-33,35H,4,8,12,14-15,18,21-26H2,1-3H3,(H,42,47)(H,43,48)(H,44,45)/t31-,32-,33-,35+,40+/m1/s1. The van der Waals surface area contributed by atoms with Gasteiger partial charge in [0.1, 0.15) is 18.8 Å². The van der Waals surface area contributed by atoms with E-state index in [1.165, 1.54) is 0 Å². The predicted octanol–water partition coefficient (Wildman–Crippen LogP) is 6.07. The van der Waals surface area contributed by atoms with Crippen LogP contribution in [0.1, 0.15) is 83.3 Å². The number of nitrogens with one attached hydrogen (secondary N) is 3. The number of hydrogen-bond acceptors (Lipinski definition) is 10. The van der Waals surface area contributed by atoms with E-state index in [0.29, 0.717) is 38.6 Å². The van der Waals surface area contributed by atoms with Crippen molar-refractivity contribution < 1.29 is 42.9 Å². The molecule has 286 valence electrons. The van der Waals surface area contributed by atoms with Crippen LogP contribution in [0.4, 0.5) is 9.59 Å². The van der Waals surface area contributed by atoms with E-state index >= 15 is 0 Å². The summed E-state index contributed by atoms with van der Waals surface area (Å²) in [6.07, 6.45) is 4.07. The number of alkyl carbamates (subject to hydrolysis) is 2. The third-order valence-electron chi connectivity index (χ3n) is 9.38. The van der Waals surface area contributed by atoms with Crippen molar-refractivity contribution in [1.29, 1.82) is 0 Å². The van der Waals surface area contributed by atoms with Crippen molar-refractivity contribution in [3.8, 4) is 0 Å². The maximum Gasteiger partial charge on any atom is 0.407 e. The van der Waals surface area contributed by atoms with E-state index in [0.717, 1.165) is 28.3 Å². The number of esters is 1. The maximum absolute atomic E-state index is 13.2. The van der Waals surface area contributed by atoms with Gasteiger partial charge in [-0.1, -0.05) is 56.3 Å². The molecular weight excluding hydrogens is 680 g/mol. The predicted molar refractivity (Wildman–Crippen MR) is 196 cm³/mol. The van der Waals surface area contributed by atoms with Crippen LogP contribution in [0.2, 0.25) is 0 Å². The summed E-state index contributed by atoms with van der Waals surface area (Å²) < 4.78 is 29.8. The average molecular weight is 733 g/mol. The van der Waals surface area contributed by atoms with Crippen molar-refractivity contribution in [3.63, 3.8) is 0 Å². The Morgan fingerprint density at radius 3 is 2.47 bits per heavy atom. The Kier molecular flexibility index (Phi) is 14.4. The molecular formula is C40H52N4O9. The number of carbonyl (C=O) groups is 4. The molecule has 0 unspecified atom stereocenters. The molecule has 2 aromatic carbocycles. The highest BCUT2D eigenvalue weighted by Crippen LogP contribution is 2.41. The minimum absolute atomic E-state index is 0.0164. The lowest BCUT2D eigenvalue weighted by Crippen LogP contribution is -2.54. The Morgan fingerprint density at radius 2 is 1.68 bits per heavy atom. The third kappa shape index (κ3) is 12.1. The zero-order chi connectivity index (χ0) is 37.6. The van der Waals surface area contributed by atoms with Crippen molar-refractivity contribution >= 4 is 34.8 Å². The van der Waals surface area contributed by atoms with Crippen LogP contribution in [0.5, 0.6) is 0 Å². The topological polar surface area (TPSA) is 163 Å². The lowest BCUT2D eigenvalue weighted by molar-refractivity contribution is -0.329. The molecule has 0 radical (unpaired) electrons. The lowest BCUT2D eigenvalue weighted by Gasteiger charge is -2.47. The molecule has 0 bridgehead atoms. The number of benzene rings is 2. The summed E-state index contributed by atoms with van der Waals surface area (Å²) in [6.45, 7) is 6.51. The number of hydrogen-bond donors (Lipinski definition) is 3. The Labute approximate surface area is 310 Å². The molecule has 0 aliphatic carbocycles. The molecule has 5 rings (SSSR count). The zero-order valence-electron chi connectivity index (χ0n) is 30.8. The van der Waals surface area contributed by atoms with E-state index in [1.54, 1.807) is 19.3 Å². The highest BCUT2D eigenvalue weighted by Gasteiger charge is 2.47. The molecule has 1 aromatic heterocycles. The van der Waals surface area contributed by atoms with Gasteiger partial charge in [0.15, 0.2) is 5.79 Å². The number of aromatic nitrogens is 1. The Morgan fingerprint density at radius 1 is 0.925 bits per heavy atom. The van der Waals surface area contributed by atoms with Crippen molar-refractivity contribution in [3.05, 3.63) is 78.1 Å². The van der Waals surface area contributed by atoms with Gasteiger partial charge in [0.25, 0.3) is 0 Å². The second-order valence-electron chi connectivity index (χ2n) is 14.1. The molecule has 13 heteroatoms. The Bertz CT molecular complexity index is 1670. The van der Waals surface area contributed by atoms with Gasteiger partial charge in [-0.05, 0) is 72.6 Å². The molecule has 2 aliphatic heterocycles. The summed E-state index contributed by atoms with van der Waals surface area (Å²) in [7, 11) is 0. The van der Waals surface area contributed by atoms with Crippen LogP contribution in [0.25, 0.3) is 10.8 Å². The van der Waals surface area contributed by atoms with Crippen LogP contribution in [0, 0.1) is 5.92 Å². The van der Waals surface area contributed by atoms with Crippen molar-refractivity contribution in [2.75, 3.05) is 13.2 Å². The minimum atomic E-state index is -1.11. The molecule has 2 fully saturated rings. The fourth-order valence-corrected chi connectivity index (χ4v) is 6.95. The molecule has 2 saturated heterocycles. The van der Waals surface area contributed by atoms with Gasteiger partial charge in [0, 0.05) is 51.2 Å². The summed E-state index contributed by atoms with van der Waals surface area (Å²) in [4.78, 5) is 55.3. The summed E-state index contributed by atoms with van der Waals surface area (Å²) in [5.41, 5.74) is 1.86. The summed E-state index contributed by atoms with van der Waals surface area (Å²) in [5.74, 6) is -1.69. The van der Waals surface area contributed by atoms with E-state index < -0.39 is 48.3 Å². The fourth-order valence-electron chi connectivity index (χ4n) is 6.95. The number of pyridine rings is 1. The summed E-state index contributed by atoms with van der Waals surface area (Å²) in [5, 5.41) is 10.6. The molecule has 5 atom stereocenters. The van der Waals surface area contributed by atoms with Gasteiger partial charge in [-0.15, -0.1) is 0 Å². The van der Waals surface area contributed by atoms with Crippen LogP contribution in [-0.4, -0.2) is 72.4 Å². The molecule has 13 nitrogen and oxygen atoms in total. The van der Waals surface area contributed by atoms with E-state index in [4.69, 9.17) is 23.7 Å². The quantitative estimate of drug-likeness (QED) is 0.123. The first-order valence-corrected chi connectivity index (χ1v) is 18.6. The maximum atomic E-state index is 13.2. The summed E-state index contributed by atoms with van der Waals surface area (Å²) >= 11 is 0. The van der Waals surface area contributed by atoms with Crippen LogP contribution >= 0.6 is 0 Å². The van der Waals surface area contributed by atoms with E-state index in [2.05, 4.69) is 20.9 Å². The normalized spacial score (nSPS) is 21.8. The van der Waals surface area contributed by atoms with Gasteiger partial charge in [0.05, 0.1) is 18.8 Å². The molecule has 0 saturated carbocycles. The third-order valence-corrected chi connectivity index (χ3v) is 9.38. The number of rotatable bonds is 15. The first-order chi connectivity index (χ1) is 25.6. The molecule has 3 amide bonds. The van der Waals surface area contributed by atoms with E-state index in [-0.39, 0.29) is 44.4 Å². The SMILES string of the molecule is CCOC(=O)[C@H](CC(C)C)NC(=O)CC[C@@H]1C[C@@H](OC(=O)NCc2cccc3ccccc23)C[C@@]2(CCC[C@H](COC(=O)NCc3ccncc3)O2)O1. The van der Waals surface area contributed by atoms with Crippen LogP contribution in [-0.2, 0) is 46.4 Å². The van der Waals surface area contributed by atoms with Crippen molar-refractivity contribution in [1.82, 2.24) is 20.9 Å². The van der Waals surface area contributed by atoms with Gasteiger partial charge in [0.2, 0.25) is 5.91 Å². The Hall–Kier alpha value is -4.75. The largest absolute Gasteiger partial charge is 0.464 e. The minimum Gasteiger partial charge on any atom is -0.464 e. The van der Waals surface area contributed by atoms with Crippen LogP contribution < -0.4 is 16.0 Å². The van der Waals surface area contributed by atoms with Crippen molar-refractivity contribution in [2.45, 2.75) is 115 Å². The van der Waals surface area contributed by atoms with Gasteiger partial charge in [-0.3, -0.25) is 9.78 Å². The van der Waals surface area contributed by atoms with Crippen LogP contribution in [0.3, 0.4) is 0 Å². The fraction of sp³-hybridized carbons (Fsp3) is 0.525. The molecule has 2 aliphatic rings. The van der Waals surface area contributed by atoms with E-state index in [1.807, 2.05) is 68.4 Å². The average Bonchev–Trinajstić information content (AvgIpc) is 3.14. The van der Waals surface area contributed by atoms with Gasteiger partial charge in [-0.25, -0.2) is 14.4 Å². The monoisotopic (exact) mass is 732 g/mol. The van der Waals surface area contributed by atoms with E-state index in [9.17, 15) is 19.2 Å². The Balaban J connectivity index is 1.21. The molecule has 1 spiro atoms. The van der Waals surface area contributed by atoms with Gasteiger partial charge >= 0.3 is 18.2 Å². The number of nitrogens with zero attached hydrogens (tertiary/aromatic N) is 1. The number of carbonyl (C=O) groups excluding carboxylic acids is 4. The second kappa shape index (κ2) is 19.4. The molecule has 53 heavy (non-hydrogen) atoms. The van der Waals surface area contributed by atoms with Crippen molar-refractivity contribution in [2.24, 2.45) is 5.92 Å². The smallest absolute Gasteiger partial charge is 0.407 e. The number of ether oxygens (including phenoxy) is 5. The van der Waals surface area contributed by atoms with Crippen LogP contribution in [0.15, 0.2) is 67.0 Å². The van der Waals surface area contributed by atoms with Gasteiger partial charge < -0.3 is 39.6 Å². The highest BCUT2D eigenvalue weighted by atomic mass is 16.7. The number of amides is 3. The molecule has 3 N–H and O–H groups in total. The lowest BCUT2D eigenvalue weighted by atomic mass is 9.90. The zero-order valence-corrected chi connectivity index (χ0v) is 30.8. The summed E-state index contributed by atoms with van der Waals surface area (Å²) in [6, 6.07) is 16.8. The van der Waals surface area contributed by atoms with Gasteiger partial charge in [-0.2, -0.15) is 0 Å². The second-order valence-corrected chi connectivity index (χ2v) is 14.1. The first kappa shape index (κ1) is 39.5. The number of fused-ring (bicyclic) bond motifs is 1. The highest BCUT2D eigenvalue weighted by molar-refractivity contribution is 5.86. The first-order valence-electron chi connectivity index (χ1n) is 18.6. The molecule has 3 aromatic rings. The molecule has 3 heterocycles.